The van der Waals surface area contributed by atoms with Gasteiger partial charge in [0.05, 0.1) is 6.04 Å². The fourth-order valence-electron chi connectivity index (χ4n) is 3.14. The van der Waals surface area contributed by atoms with Gasteiger partial charge in [-0.1, -0.05) is 10.3 Å². The van der Waals surface area contributed by atoms with E-state index in [0.29, 0.717) is 30.5 Å². The molecule has 1 saturated carbocycles. The first-order valence-electron chi connectivity index (χ1n) is 8.50. The van der Waals surface area contributed by atoms with Gasteiger partial charge in [-0.3, -0.25) is 9.69 Å². The molecule has 4 rings (SSSR count). The maximum absolute atomic E-state index is 12.1. The molecule has 2 aliphatic rings. The molecule has 1 atom stereocenters. The summed E-state index contributed by atoms with van der Waals surface area (Å²) in [6.07, 6.45) is 4.79. The van der Waals surface area contributed by atoms with Crippen LogP contribution >= 0.6 is 0 Å². The second kappa shape index (κ2) is 6.35. The van der Waals surface area contributed by atoms with Gasteiger partial charge < -0.3 is 14.4 Å². The quantitative estimate of drug-likeness (QED) is 0.868. The van der Waals surface area contributed by atoms with Crippen molar-refractivity contribution >= 4 is 11.7 Å². The fraction of sp³-hybridized carbons (Fsp3) is 0.625. The monoisotopic (exact) mass is 331 g/mol. The Bertz CT molecular complexity index is 721. The van der Waals surface area contributed by atoms with E-state index < -0.39 is 0 Å². The summed E-state index contributed by atoms with van der Waals surface area (Å²) in [6.45, 7) is 3.41. The lowest BCUT2D eigenvalue weighted by Gasteiger charge is -2.21. The molecule has 24 heavy (non-hydrogen) atoms. The summed E-state index contributed by atoms with van der Waals surface area (Å²) in [6, 6.07) is 1.86. The molecule has 0 bridgehead atoms. The van der Waals surface area contributed by atoms with Crippen molar-refractivity contribution < 1.29 is 13.8 Å². The third kappa shape index (κ3) is 3.33. The Labute approximate surface area is 139 Å². The van der Waals surface area contributed by atoms with Crippen molar-refractivity contribution in [2.45, 2.75) is 51.0 Å². The van der Waals surface area contributed by atoms with Crippen molar-refractivity contribution in [2.24, 2.45) is 0 Å². The molecule has 1 N–H and O–H groups in total. The second-order valence-electron chi connectivity index (χ2n) is 6.58. The third-order valence-corrected chi connectivity index (χ3v) is 4.57. The third-order valence-electron chi connectivity index (χ3n) is 4.57. The van der Waals surface area contributed by atoms with Crippen molar-refractivity contribution in [2.75, 3.05) is 18.4 Å². The Morgan fingerprint density at radius 2 is 2.21 bits per heavy atom. The zero-order chi connectivity index (χ0) is 16.5. The smallest absolute Gasteiger partial charge is 0.229 e. The lowest BCUT2D eigenvalue weighted by Crippen LogP contribution is -2.28. The van der Waals surface area contributed by atoms with Gasteiger partial charge >= 0.3 is 0 Å². The van der Waals surface area contributed by atoms with Crippen molar-refractivity contribution in [3.05, 3.63) is 23.5 Å². The van der Waals surface area contributed by atoms with Crippen LogP contribution in [0.4, 0.5) is 5.82 Å². The van der Waals surface area contributed by atoms with Crippen LogP contribution in [-0.2, 0) is 4.79 Å². The molecule has 0 radical (unpaired) electrons. The standard InChI is InChI=1S/C16H21N5O3/c1-10-9-13(19-23-10)17-14(22)6-8-21-7-2-3-12(21)15-18-16(24-20-15)11-4-5-11/h9,11-12H,2-8H2,1H3,(H,17,19,22)/t12-/m0/s1. The second-order valence-corrected chi connectivity index (χ2v) is 6.58. The Hall–Kier alpha value is -2.22. The summed E-state index contributed by atoms with van der Waals surface area (Å²) in [5, 5.41) is 10.7. The van der Waals surface area contributed by atoms with Gasteiger partial charge in [-0.05, 0) is 39.2 Å². The highest BCUT2D eigenvalue weighted by Gasteiger charge is 2.34. The molecular formula is C16H21N5O3. The maximum atomic E-state index is 12.1. The van der Waals surface area contributed by atoms with E-state index in [2.05, 4.69) is 25.5 Å². The molecule has 2 aromatic heterocycles. The van der Waals surface area contributed by atoms with E-state index in [0.717, 1.165) is 43.9 Å². The minimum atomic E-state index is -0.0688. The molecule has 128 valence electrons. The number of rotatable bonds is 6. The van der Waals surface area contributed by atoms with Crippen LogP contribution in [0.15, 0.2) is 15.1 Å². The van der Waals surface area contributed by atoms with Gasteiger partial charge in [0.25, 0.3) is 0 Å². The predicted octanol–water partition coefficient (Wildman–Crippen LogP) is 2.41. The summed E-state index contributed by atoms with van der Waals surface area (Å²) in [5.74, 6) is 3.08. The molecule has 0 unspecified atom stereocenters. The number of nitrogens with zero attached hydrogens (tertiary/aromatic N) is 4. The average molecular weight is 331 g/mol. The number of hydrogen-bond donors (Lipinski definition) is 1. The minimum absolute atomic E-state index is 0.0688. The molecule has 0 spiro atoms. The predicted molar refractivity (Wildman–Crippen MR) is 84.3 cm³/mol. The average Bonchev–Trinajstić information content (AvgIpc) is 2.98. The summed E-state index contributed by atoms with van der Waals surface area (Å²) >= 11 is 0. The maximum Gasteiger partial charge on any atom is 0.229 e. The zero-order valence-electron chi connectivity index (χ0n) is 13.7. The molecule has 8 heteroatoms. The molecule has 2 aromatic rings. The van der Waals surface area contributed by atoms with Crippen LogP contribution in [0.1, 0.15) is 61.5 Å². The molecule has 1 aliphatic carbocycles. The van der Waals surface area contributed by atoms with Crippen LogP contribution in [-0.4, -0.2) is 39.2 Å². The molecule has 3 heterocycles. The lowest BCUT2D eigenvalue weighted by molar-refractivity contribution is -0.116. The first-order valence-corrected chi connectivity index (χ1v) is 8.50. The molecule has 1 aliphatic heterocycles. The van der Waals surface area contributed by atoms with E-state index in [-0.39, 0.29) is 11.9 Å². The van der Waals surface area contributed by atoms with Crippen LogP contribution in [0.25, 0.3) is 0 Å². The van der Waals surface area contributed by atoms with Crippen LogP contribution in [0, 0.1) is 6.92 Å². The van der Waals surface area contributed by atoms with Gasteiger partial charge in [0.2, 0.25) is 11.8 Å². The minimum Gasteiger partial charge on any atom is -0.360 e. The number of nitrogens with one attached hydrogen (secondary N) is 1. The molecule has 1 amide bonds. The number of hydrogen-bond acceptors (Lipinski definition) is 7. The molecular weight excluding hydrogens is 310 g/mol. The number of likely N-dealkylation sites (tertiary alicyclic amines) is 1. The van der Waals surface area contributed by atoms with Gasteiger partial charge in [-0.25, -0.2) is 0 Å². The van der Waals surface area contributed by atoms with Crippen LogP contribution in [0.3, 0.4) is 0 Å². The van der Waals surface area contributed by atoms with Gasteiger partial charge in [0.1, 0.15) is 5.76 Å². The largest absolute Gasteiger partial charge is 0.360 e. The van der Waals surface area contributed by atoms with Gasteiger partial charge in [-0.2, -0.15) is 4.98 Å². The SMILES string of the molecule is Cc1cc(NC(=O)CCN2CCC[C@H]2c2noc(C3CC3)n2)no1. The zero-order valence-corrected chi connectivity index (χ0v) is 13.7. The Balaban J connectivity index is 1.32. The highest BCUT2D eigenvalue weighted by atomic mass is 16.5. The van der Waals surface area contributed by atoms with Gasteiger partial charge in [0.15, 0.2) is 11.6 Å². The summed E-state index contributed by atoms with van der Waals surface area (Å²) in [4.78, 5) is 18.9. The van der Waals surface area contributed by atoms with Crippen LogP contribution in [0.2, 0.25) is 0 Å². The van der Waals surface area contributed by atoms with Crippen LogP contribution < -0.4 is 5.32 Å². The number of aromatic nitrogens is 3. The summed E-state index contributed by atoms with van der Waals surface area (Å²) < 4.78 is 10.3. The molecule has 1 saturated heterocycles. The topological polar surface area (TPSA) is 97.3 Å². The van der Waals surface area contributed by atoms with E-state index in [1.165, 1.54) is 0 Å². The van der Waals surface area contributed by atoms with E-state index in [1.54, 1.807) is 13.0 Å². The van der Waals surface area contributed by atoms with E-state index in [4.69, 9.17) is 9.05 Å². The molecule has 2 fully saturated rings. The highest BCUT2D eigenvalue weighted by Crippen LogP contribution is 2.40. The Morgan fingerprint density at radius 1 is 1.33 bits per heavy atom. The van der Waals surface area contributed by atoms with E-state index in [1.807, 2.05) is 0 Å². The fourth-order valence-corrected chi connectivity index (χ4v) is 3.14. The van der Waals surface area contributed by atoms with E-state index >= 15 is 0 Å². The van der Waals surface area contributed by atoms with Crippen molar-refractivity contribution in [1.29, 1.82) is 0 Å². The van der Waals surface area contributed by atoms with E-state index in [9.17, 15) is 4.79 Å². The summed E-state index contributed by atoms with van der Waals surface area (Å²) in [7, 11) is 0. The Kier molecular flexibility index (Phi) is 4.05. The van der Waals surface area contributed by atoms with Crippen molar-refractivity contribution in [3.8, 4) is 0 Å². The molecule has 0 aromatic carbocycles. The van der Waals surface area contributed by atoms with Gasteiger partial charge in [0, 0.05) is 24.9 Å². The number of aryl methyl sites for hydroxylation is 1. The van der Waals surface area contributed by atoms with Crippen LogP contribution in [0.5, 0.6) is 0 Å². The molecule has 8 nitrogen and oxygen atoms in total. The number of carbonyl (C=O) groups excluding carboxylic acids is 1. The number of anilines is 1. The summed E-state index contributed by atoms with van der Waals surface area (Å²) in [5.41, 5.74) is 0. The number of amides is 1. The first-order chi connectivity index (χ1) is 11.7. The van der Waals surface area contributed by atoms with Crippen molar-refractivity contribution in [3.63, 3.8) is 0 Å². The van der Waals surface area contributed by atoms with Crippen molar-refractivity contribution in [1.82, 2.24) is 20.2 Å². The highest BCUT2D eigenvalue weighted by molar-refractivity contribution is 5.89. The normalized spacial score (nSPS) is 21.3. The lowest BCUT2D eigenvalue weighted by atomic mass is 10.2. The first kappa shape index (κ1) is 15.3. The number of carbonyl (C=O) groups is 1. The van der Waals surface area contributed by atoms with Gasteiger partial charge in [-0.15, -0.1) is 0 Å². The Morgan fingerprint density at radius 3 is 2.96 bits per heavy atom.